The molecule has 4 aromatic rings. The lowest BCUT2D eigenvalue weighted by Gasteiger charge is -2.11. The van der Waals surface area contributed by atoms with E-state index in [2.05, 4.69) is 77.1 Å². The van der Waals surface area contributed by atoms with Crippen LogP contribution >= 0.6 is 0 Å². The van der Waals surface area contributed by atoms with Gasteiger partial charge in [-0.05, 0) is 36.2 Å². The van der Waals surface area contributed by atoms with Crippen molar-refractivity contribution in [1.29, 1.82) is 0 Å². The van der Waals surface area contributed by atoms with Gasteiger partial charge in [0.15, 0.2) is 0 Å². The van der Waals surface area contributed by atoms with Crippen LogP contribution in [0, 0.1) is 6.92 Å². The fourth-order valence-electron chi connectivity index (χ4n) is 2.92. The first-order valence-electron chi connectivity index (χ1n) is 7.41. The molecule has 2 heteroatoms. The van der Waals surface area contributed by atoms with Gasteiger partial charge in [-0.3, -0.25) is 4.98 Å². The van der Waals surface area contributed by atoms with Crippen LogP contribution in [-0.2, 0) is 0 Å². The smallest absolute Gasteiger partial charge is 0.0648 e. The van der Waals surface area contributed by atoms with Gasteiger partial charge < -0.3 is 4.57 Å². The van der Waals surface area contributed by atoms with Gasteiger partial charge in [0.1, 0.15) is 0 Å². The predicted octanol–water partition coefficient (Wildman–Crippen LogP) is 5.00. The highest BCUT2D eigenvalue weighted by Crippen LogP contribution is 2.31. The zero-order chi connectivity index (χ0) is 14.9. The van der Waals surface area contributed by atoms with E-state index < -0.39 is 0 Å². The number of rotatable bonds is 2. The standard InChI is InChI=1S/C20H16N2/c1-15-11-18(14-21-13-15)22-19-10-6-5-9-17(19)12-20(22)16-7-3-2-4-8-16/h2-14H,1H3. The molecule has 0 saturated heterocycles. The van der Waals surface area contributed by atoms with E-state index in [1.54, 1.807) is 0 Å². The number of nitrogens with zero attached hydrogens (tertiary/aromatic N) is 2. The zero-order valence-electron chi connectivity index (χ0n) is 12.4. The average molecular weight is 284 g/mol. The molecule has 0 saturated carbocycles. The highest BCUT2D eigenvalue weighted by molar-refractivity contribution is 5.89. The molecule has 4 rings (SSSR count). The van der Waals surface area contributed by atoms with Crippen molar-refractivity contribution in [2.24, 2.45) is 0 Å². The fraction of sp³-hybridized carbons (Fsp3) is 0.0500. The van der Waals surface area contributed by atoms with Crippen molar-refractivity contribution >= 4 is 10.9 Å². The minimum absolute atomic E-state index is 1.10. The average Bonchev–Trinajstić information content (AvgIpc) is 2.95. The summed E-state index contributed by atoms with van der Waals surface area (Å²) >= 11 is 0. The molecule has 0 unspecified atom stereocenters. The van der Waals surface area contributed by atoms with E-state index in [-0.39, 0.29) is 0 Å². The number of hydrogen-bond acceptors (Lipinski definition) is 1. The van der Waals surface area contributed by atoms with Gasteiger partial charge in [0.2, 0.25) is 0 Å². The van der Waals surface area contributed by atoms with E-state index in [1.807, 2.05) is 18.5 Å². The van der Waals surface area contributed by atoms with Crippen LogP contribution in [-0.4, -0.2) is 9.55 Å². The van der Waals surface area contributed by atoms with Gasteiger partial charge in [0, 0.05) is 11.6 Å². The van der Waals surface area contributed by atoms with E-state index in [0.29, 0.717) is 0 Å². The van der Waals surface area contributed by atoms with Crippen LogP contribution < -0.4 is 0 Å². The molecule has 0 N–H and O–H groups in total. The summed E-state index contributed by atoms with van der Waals surface area (Å²) < 4.78 is 2.28. The highest BCUT2D eigenvalue weighted by atomic mass is 15.0. The van der Waals surface area contributed by atoms with E-state index in [1.165, 1.54) is 22.2 Å². The number of pyridine rings is 1. The molecule has 0 bridgehead atoms. The van der Waals surface area contributed by atoms with Crippen molar-refractivity contribution in [1.82, 2.24) is 9.55 Å². The fourth-order valence-corrected chi connectivity index (χ4v) is 2.92. The van der Waals surface area contributed by atoms with Gasteiger partial charge >= 0.3 is 0 Å². The molecule has 2 nitrogen and oxygen atoms in total. The number of benzene rings is 2. The summed E-state index contributed by atoms with van der Waals surface area (Å²) in [6, 6.07) is 23.4. The van der Waals surface area contributed by atoms with Crippen LogP contribution in [0.5, 0.6) is 0 Å². The molecule has 2 heterocycles. The second-order valence-electron chi connectivity index (χ2n) is 5.51. The van der Waals surface area contributed by atoms with Crippen molar-refractivity contribution in [3.63, 3.8) is 0 Å². The van der Waals surface area contributed by atoms with E-state index in [0.717, 1.165) is 11.3 Å². The second-order valence-corrected chi connectivity index (χ2v) is 5.51. The lowest BCUT2D eigenvalue weighted by Crippen LogP contribution is -1.97. The van der Waals surface area contributed by atoms with E-state index in [4.69, 9.17) is 0 Å². The van der Waals surface area contributed by atoms with Gasteiger partial charge in [-0.1, -0.05) is 48.5 Å². The van der Waals surface area contributed by atoms with Gasteiger partial charge in [-0.15, -0.1) is 0 Å². The second kappa shape index (κ2) is 5.15. The van der Waals surface area contributed by atoms with E-state index >= 15 is 0 Å². The highest BCUT2D eigenvalue weighted by Gasteiger charge is 2.12. The summed E-state index contributed by atoms with van der Waals surface area (Å²) in [5.74, 6) is 0. The lowest BCUT2D eigenvalue weighted by molar-refractivity contribution is 1.09. The summed E-state index contributed by atoms with van der Waals surface area (Å²) in [5, 5.41) is 1.24. The molecule has 106 valence electrons. The molecule has 0 radical (unpaired) electrons. The predicted molar refractivity (Wildman–Crippen MR) is 91.2 cm³/mol. The summed E-state index contributed by atoms with van der Waals surface area (Å²) in [6.07, 6.45) is 3.81. The number of aryl methyl sites for hydroxylation is 1. The summed E-state index contributed by atoms with van der Waals surface area (Å²) in [6.45, 7) is 2.07. The quantitative estimate of drug-likeness (QED) is 0.506. The molecule has 2 aromatic carbocycles. The molecule has 22 heavy (non-hydrogen) atoms. The number of aromatic nitrogens is 2. The summed E-state index contributed by atoms with van der Waals surface area (Å²) in [5.41, 5.74) is 5.86. The molecule has 0 aliphatic heterocycles. The zero-order valence-corrected chi connectivity index (χ0v) is 12.4. The molecular weight excluding hydrogens is 268 g/mol. The molecule has 2 aromatic heterocycles. The Hall–Kier alpha value is -2.87. The minimum Gasteiger partial charge on any atom is -0.308 e. The monoisotopic (exact) mass is 284 g/mol. The number of fused-ring (bicyclic) bond motifs is 1. The molecular formula is C20H16N2. The molecule has 0 aliphatic rings. The topological polar surface area (TPSA) is 17.8 Å². The molecule has 0 fully saturated rings. The number of para-hydroxylation sites is 1. The van der Waals surface area contributed by atoms with Crippen molar-refractivity contribution in [2.45, 2.75) is 6.92 Å². The third kappa shape index (κ3) is 2.09. The third-order valence-electron chi connectivity index (χ3n) is 3.90. The molecule has 0 amide bonds. The maximum Gasteiger partial charge on any atom is 0.0648 e. The van der Waals surface area contributed by atoms with Crippen LogP contribution in [0.4, 0.5) is 0 Å². The largest absolute Gasteiger partial charge is 0.308 e. The van der Waals surface area contributed by atoms with Gasteiger partial charge in [-0.25, -0.2) is 0 Å². The van der Waals surface area contributed by atoms with Gasteiger partial charge in [0.05, 0.1) is 23.1 Å². The number of hydrogen-bond donors (Lipinski definition) is 0. The Morgan fingerprint density at radius 1 is 0.818 bits per heavy atom. The van der Waals surface area contributed by atoms with Crippen LogP contribution in [0.25, 0.3) is 27.8 Å². The third-order valence-corrected chi connectivity index (χ3v) is 3.90. The Kier molecular flexibility index (Phi) is 3.01. The normalized spacial score (nSPS) is 11.0. The van der Waals surface area contributed by atoms with Crippen molar-refractivity contribution in [3.05, 3.63) is 84.7 Å². The Balaban J connectivity index is 2.07. The maximum atomic E-state index is 4.36. The first kappa shape index (κ1) is 12.8. The molecule has 0 atom stereocenters. The first-order chi connectivity index (χ1) is 10.8. The van der Waals surface area contributed by atoms with Crippen molar-refractivity contribution in [3.8, 4) is 16.9 Å². The Labute approximate surface area is 129 Å². The van der Waals surface area contributed by atoms with Crippen LogP contribution in [0.15, 0.2) is 79.1 Å². The Morgan fingerprint density at radius 3 is 2.41 bits per heavy atom. The SMILES string of the molecule is Cc1cncc(-n2c(-c3ccccc3)cc3ccccc32)c1. The molecule has 0 spiro atoms. The van der Waals surface area contributed by atoms with Crippen LogP contribution in [0.1, 0.15) is 5.56 Å². The van der Waals surface area contributed by atoms with E-state index in [9.17, 15) is 0 Å². The summed E-state index contributed by atoms with van der Waals surface area (Å²) in [7, 11) is 0. The Bertz CT molecular complexity index is 936. The summed E-state index contributed by atoms with van der Waals surface area (Å²) in [4.78, 5) is 4.36. The maximum absolute atomic E-state index is 4.36. The minimum atomic E-state index is 1.10. The van der Waals surface area contributed by atoms with Crippen molar-refractivity contribution in [2.75, 3.05) is 0 Å². The van der Waals surface area contributed by atoms with Crippen LogP contribution in [0.2, 0.25) is 0 Å². The van der Waals surface area contributed by atoms with Crippen molar-refractivity contribution < 1.29 is 0 Å². The van der Waals surface area contributed by atoms with Crippen LogP contribution in [0.3, 0.4) is 0 Å². The first-order valence-corrected chi connectivity index (χ1v) is 7.41. The van der Waals surface area contributed by atoms with Gasteiger partial charge in [0.25, 0.3) is 0 Å². The molecule has 0 aliphatic carbocycles. The Morgan fingerprint density at radius 2 is 1.59 bits per heavy atom. The van der Waals surface area contributed by atoms with Gasteiger partial charge in [-0.2, -0.15) is 0 Å². The lowest BCUT2D eigenvalue weighted by atomic mass is 10.1.